The van der Waals surface area contributed by atoms with Crippen LogP contribution in [0.15, 0.2) is 64.4 Å². The van der Waals surface area contributed by atoms with Gasteiger partial charge in [0, 0.05) is 55.4 Å². The molecule has 1 saturated heterocycles. The van der Waals surface area contributed by atoms with Crippen molar-refractivity contribution in [3.8, 4) is 11.3 Å². The molecule has 0 radical (unpaired) electrons. The number of rotatable bonds is 9. The third-order valence-electron chi connectivity index (χ3n) is 6.53. The molecule has 1 fully saturated rings. The number of thiazole rings is 1. The minimum Gasteiger partial charge on any atom is -0.353 e. The smallest absolute Gasteiger partial charge is 0.230 e. The van der Waals surface area contributed by atoms with Gasteiger partial charge in [-0.2, -0.15) is 5.10 Å². The molecule has 2 N–H and O–H groups in total. The van der Waals surface area contributed by atoms with E-state index < -0.39 is 0 Å². The van der Waals surface area contributed by atoms with Crippen molar-refractivity contribution in [2.45, 2.75) is 29.8 Å². The first-order valence-corrected chi connectivity index (χ1v) is 14.9. The first kappa shape index (κ1) is 29.7. The van der Waals surface area contributed by atoms with Gasteiger partial charge in [-0.1, -0.05) is 53.2 Å². The van der Waals surface area contributed by atoms with Crippen molar-refractivity contribution in [1.29, 1.82) is 0 Å². The van der Waals surface area contributed by atoms with Gasteiger partial charge in [0.2, 0.25) is 5.91 Å². The molecular formula is C27H29Cl3N6OS2. The fourth-order valence-corrected chi connectivity index (χ4v) is 6.40. The van der Waals surface area contributed by atoms with Gasteiger partial charge >= 0.3 is 0 Å². The maximum absolute atomic E-state index is 12.6. The van der Waals surface area contributed by atoms with Crippen LogP contribution in [-0.4, -0.2) is 57.9 Å². The number of thioether (sulfide) groups is 1. The predicted octanol–water partition coefficient (Wildman–Crippen LogP) is 6.90. The summed E-state index contributed by atoms with van der Waals surface area (Å²) >= 11 is 15.2. The van der Waals surface area contributed by atoms with Crippen molar-refractivity contribution in [3.05, 3.63) is 75.7 Å². The zero-order valence-electron chi connectivity index (χ0n) is 21.3. The van der Waals surface area contributed by atoms with Gasteiger partial charge in [-0.3, -0.25) is 14.8 Å². The average molecular weight is 624 g/mol. The van der Waals surface area contributed by atoms with Crippen molar-refractivity contribution < 1.29 is 4.79 Å². The van der Waals surface area contributed by atoms with Crippen LogP contribution in [0, 0.1) is 0 Å². The fourth-order valence-electron chi connectivity index (χ4n) is 4.43. The summed E-state index contributed by atoms with van der Waals surface area (Å²) < 4.78 is 0.888. The Balaban J connectivity index is 0.00000353. The Kier molecular flexibility index (Phi) is 10.6. The van der Waals surface area contributed by atoms with E-state index in [2.05, 4.69) is 38.6 Å². The van der Waals surface area contributed by atoms with Crippen molar-refractivity contribution in [3.63, 3.8) is 0 Å². The lowest BCUT2D eigenvalue weighted by Gasteiger charge is -2.32. The fraction of sp³-hybridized carbons (Fsp3) is 0.296. The Morgan fingerprint density at radius 1 is 1.18 bits per heavy atom. The standard InChI is InChI=1S/C27H28Cl2N6OS2.ClH/c1-34(25-7-10-30-33-25)21-4-2-3-19(14-21)24-16-37-27(32-24)38-17-26(36)31-20-8-11-35(12-9-20)15-18-5-6-22(28)23(29)13-18;/h2-7,10,13-14,16,20H,8-9,11-12,15,17H2,1H3,(H,30,33)(H,31,36);1H. The maximum Gasteiger partial charge on any atom is 0.230 e. The zero-order chi connectivity index (χ0) is 26.5. The van der Waals surface area contributed by atoms with Crippen molar-refractivity contribution >= 4 is 76.1 Å². The molecule has 5 rings (SSSR count). The van der Waals surface area contributed by atoms with Gasteiger partial charge in [0.1, 0.15) is 5.82 Å². The summed E-state index contributed by atoms with van der Waals surface area (Å²) in [5, 5.41) is 13.4. The molecule has 1 aliphatic heterocycles. The van der Waals surface area contributed by atoms with E-state index in [1.54, 1.807) is 17.5 Å². The summed E-state index contributed by atoms with van der Waals surface area (Å²) in [6, 6.07) is 16.1. The maximum atomic E-state index is 12.6. The summed E-state index contributed by atoms with van der Waals surface area (Å²) in [5.74, 6) is 1.33. The second-order valence-electron chi connectivity index (χ2n) is 9.20. The molecule has 12 heteroatoms. The molecule has 0 saturated carbocycles. The molecule has 206 valence electrons. The Bertz CT molecular complexity index is 1380. The van der Waals surface area contributed by atoms with E-state index in [4.69, 9.17) is 28.2 Å². The monoisotopic (exact) mass is 622 g/mol. The average Bonchev–Trinajstić information content (AvgIpc) is 3.63. The molecule has 7 nitrogen and oxygen atoms in total. The Morgan fingerprint density at radius 3 is 2.74 bits per heavy atom. The highest BCUT2D eigenvalue weighted by Gasteiger charge is 2.21. The Morgan fingerprint density at radius 2 is 2.00 bits per heavy atom. The minimum absolute atomic E-state index is 0. The van der Waals surface area contributed by atoms with Crippen LogP contribution >= 0.6 is 58.7 Å². The number of H-pyrrole nitrogens is 1. The van der Waals surface area contributed by atoms with Crippen LogP contribution < -0.4 is 10.2 Å². The summed E-state index contributed by atoms with van der Waals surface area (Å²) in [5.41, 5.74) is 4.13. The number of aromatic nitrogens is 3. The molecule has 1 aliphatic rings. The van der Waals surface area contributed by atoms with Crippen LogP contribution in [0.4, 0.5) is 11.5 Å². The number of amides is 1. The molecule has 4 aromatic rings. The van der Waals surface area contributed by atoms with E-state index in [1.165, 1.54) is 11.8 Å². The summed E-state index contributed by atoms with van der Waals surface area (Å²) in [6.45, 7) is 2.70. The number of carbonyl (C=O) groups excluding carboxylic acids is 1. The van der Waals surface area contributed by atoms with Gasteiger partial charge in [0.25, 0.3) is 0 Å². The quantitative estimate of drug-likeness (QED) is 0.198. The molecule has 3 heterocycles. The van der Waals surface area contributed by atoms with Gasteiger partial charge < -0.3 is 10.2 Å². The topological polar surface area (TPSA) is 77.2 Å². The third kappa shape index (κ3) is 7.90. The lowest BCUT2D eigenvalue weighted by molar-refractivity contribution is -0.119. The molecular weight excluding hydrogens is 595 g/mol. The number of piperidine rings is 1. The van der Waals surface area contributed by atoms with E-state index in [0.717, 1.165) is 65.1 Å². The Hall–Kier alpha value is -2.27. The SMILES string of the molecule is CN(c1cccc(-c2csc(SCC(=O)NC3CCN(Cc4ccc(Cl)c(Cl)c4)CC3)n2)c1)c1ccn[nH]1.Cl. The normalized spacial score (nSPS) is 14.1. The molecule has 39 heavy (non-hydrogen) atoms. The minimum atomic E-state index is 0. The van der Waals surface area contributed by atoms with Gasteiger partial charge in [0.05, 0.1) is 27.7 Å². The summed E-state index contributed by atoms with van der Waals surface area (Å²) in [4.78, 5) is 21.8. The van der Waals surface area contributed by atoms with Crippen molar-refractivity contribution in [2.24, 2.45) is 0 Å². The number of nitrogens with one attached hydrogen (secondary N) is 2. The van der Waals surface area contributed by atoms with E-state index >= 15 is 0 Å². The summed E-state index contributed by atoms with van der Waals surface area (Å²) in [6.07, 6.45) is 3.60. The molecule has 0 atom stereocenters. The number of anilines is 2. The van der Waals surface area contributed by atoms with Gasteiger partial charge in [0.15, 0.2) is 4.34 Å². The van der Waals surface area contributed by atoms with Crippen LogP contribution in [0.1, 0.15) is 18.4 Å². The molecule has 0 spiro atoms. The first-order chi connectivity index (χ1) is 18.4. The number of hydrogen-bond donors (Lipinski definition) is 2. The first-order valence-electron chi connectivity index (χ1n) is 12.3. The van der Waals surface area contributed by atoms with Gasteiger partial charge in [-0.25, -0.2) is 4.98 Å². The van der Waals surface area contributed by atoms with E-state index in [9.17, 15) is 4.79 Å². The molecule has 2 aromatic carbocycles. The lowest BCUT2D eigenvalue weighted by atomic mass is 10.0. The van der Waals surface area contributed by atoms with Crippen LogP contribution in [0.5, 0.6) is 0 Å². The summed E-state index contributed by atoms with van der Waals surface area (Å²) in [7, 11) is 1.99. The number of hydrogen-bond acceptors (Lipinski definition) is 7. The number of aromatic amines is 1. The second kappa shape index (κ2) is 13.9. The molecule has 0 unspecified atom stereocenters. The number of halogens is 3. The molecule has 0 bridgehead atoms. The number of carbonyl (C=O) groups is 1. The van der Waals surface area contributed by atoms with Crippen LogP contribution in [-0.2, 0) is 11.3 Å². The van der Waals surface area contributed by atoms with Crippen LogP contribution in [0.25, 0.3) is 11.3 Å². The molecule has 2 aromatic heterocycles. The van der Waals surface area contributed by atoms with Crippen molar-refractivity contribution in [2.75, 3.05) is 30.8 Å². The highest BCUT2D eigenvalue weighted by atomic mass is 35.5. The zero-order valence-corrected chi connectivity index (χ0v) is 25.2. The predicted molar refractivity (Wildman–Crippen MR) is 165 cm³/mol. The van der Waals surface area contributed by atoms with Gasteiger partial charge in [-0.15, -0.1) is 23.7 Å². The van der Waals surface area contributed by atoms with Crippen LogP contribution in [0.2, 0.25) is 10.0 Å². The molecule has 1 amide bonds. The second-order valence-corrected chi connectivity index (χ2v) is 12.1. The number of likely N-dealkylation sites (tertiary alicyclic amines) is 1. The largest absolute Gasteiger partial charge is 0.353 e. The lowest BCUT2D eigenvalue weighted by Crippen LogP contribution is -2.44. The van der Waals surface area contributed by atoms with E-state index in [-0.39, 0.29) is 24.4 Å². The number of benzene rings is 2. The number of nitrogens with zero attached hydrogens (tertiary/aromatic N) is 4. The highest BCUT2D eigenvalue weighted by molar-refractivity contribution is 8.01. The Labute approximate surface area is 252 Å². The van der Waals surface area contributed by atoms with Gasteiger partial charge in [-0.05, 0) is 42.7 Å². The van der Waals surface area contributed by atoms with Crippen LogP contribution in [0.3, 0.4) is 0 Å². The van der Waals surface area contributed by atoms with E-state index in [0.29, 0.717) is 15.8 Å². The van der Waals surface area contributed by atoms with E-state index in [1.807, 2.05) is 47.7 Å². The third-order valence-corrected chi connectivity index (χ3v) is 9.29. The highest BCUT2D eigenvalue weighted by Crippen LogP contribution is 2.31. The van der Waals surface area contributed by atoms with Crippen molar-refractivity contribution in [1.82, 2.24) is 25.4 Å². The molecule has 0 aliphatic carbocycles.